The molecule has 0 aliphatic heterocycles. The molecule has 0 heterocycles. The first-order valence-electron chi connectivity index (χ1n) is 6.32. The Kier molecular flexibility index (Phi) is 4.53. The van der Waals surface area contributed by atoms with Gasteiger partial charge >= 0.3 is 0 Å². The molecule has 0 spiro atoms. The molecule has 1 N–H and O–H groups in total. The van der Waals surface area contributed by atoms with Gasteiger partial charge < -0.3 is 14.8 Å². The lowest BCUT2D eigenvalue weighted by molar-refractivity contribution is 0.0937. The van der Waals surface area contributed by atoms with Crippen LogP contribution in [0.2, 0.25) is 0 Å². The molecule has 2 atom stereocenters. The molecule has 1 amide bonds. The zero-order valence-corrected chi connectivity index (χ0v) is 11.9. The summed E-state index contributed by atoms with van der Waals surface area (Å²) in [5.74, 6) is 1.05. The first-order valence-corrected chi connectivity index (χ1v) is 6.75. The van der Waals surface area contributed by atoms with E-state index < -0.39 is 0 Å². The van der Waals surface area contributed by atoms with Gasteiger partial charge in [-0.3, -0.25) is 4.79 Å². The standard InChI is InChI=1S/C14H18ClNO3/c1-18-10-6-9(7-11(8-10)19-2)14(17)16-13-5-3-4-12(13)15/h6-8,12-13H,3-5H2,1-2H3,(H,16,17). The van der Waals surface area contributed by atoms with Gasteiger partial charge in [0.15, 0.2) is 0 Å². The number of rotatable bonds is 4. The second-order valence-electron chi connectivity index (χ2n) is 4.63. The van der Waals surface area contributed by atoms with E-state index in [9.17, 15) is 4.79 Å². The zero-order chi connectivity index (χ0) is 13.8. The molecule has 1 aliphatic carbocycles. The van der Waals surface area contributed by atoms with Gasteiger partial charge in [0, 0.05) is 17.7 Å². The van der Waals surface area contributed by atoms with E-state index in [2.05, 4.69) is 5.32 Å². The Morgan fingerprint density at radius 3 is 2.32 bits per heavy atom. The maximum absolute atomic E-state index is 12.2. The molecule has 0 aromatic heterocycles. The second kappa shape index (κ2) is 6.15. The van der Waals surface area contributed by atoms with Gasteiger partial charge in [-0.25, -0.2) is 0 Å². The summed E-state index contributed by atoms with van der Waals surface area (Å²) in [5, 5.41) is 2.99. The monoisotopic (exact) mass is 283 g/mol. The summed E-state index contributed by atoms with van der Waals surface area (Å²) in [7, 11) is 3.12. The number of hydrogen-bond donors (Lipinski definition) is 1. The van der Waals surface area contributed by atoms with Crippen molar-refractivity contribution in [1.29, 1.82) is 0 Å². The Morgan fingerprint density at radius 1 is 1.21 bits per heavy atom. The van der Waals surface area contributed by atoms with Crippen LogP contribution in [0.15, 0.2) is 18.2 Å². The van der Waals surface area contributed by atoms with Crippen molar-refractivity contribution >= 4 is 17.5 Å². The topological polar surface area (TPSA) is 47.6 Å². The quantitative estimate of drug-likeness (QED) is 0.864. The fourth-order valence-electron chi connectivity index (χ4n) is 2.27. The van der Waals surface area contributed by atoms with Crippen LogP contribution in [-0.4, -0.2) is 31.5 Å². The highest BCUT2D eigenvalue weighted by Gasteiger charge is 2.27. The molecule has 0 saturated heterocycles. The lowest BCUT2D eigenvalue weighted by Gasteiger charge is -2.16. The first-order chi connectivity index (χ1) is 9.13. The van der Waals surface area contributed by atoms with Crippen LogP contribution in [0.4, 0.5) is 0 Å². The SMILES string of the molecule is COc1cc(OC)cc(C(=O)NC2CCCC2Cl)c1. The summed E-state index contributed by atoms with van der Waals surface area (Å²) in [6.07, 6.45) is 2.94. The Labute approximate surface area is 118 Å². The third-order valence-electron chi connectivity index (χ3n) is 3.36. The molecule has 104 valence electrons. The highest BCUT2D eigenvalue weighted by molar-refractivity contribution is 6.21. The van der Waals surface area contributed by atoms with Crippen LogP contribution >= 0.6 is 11.6 Å². The van der Waals surface area contributed by atoms with E-state index in [-0.39, 0.29) is 17.3 Å². The van der Waals surface area contributed by atoms with Crippen LogP contribution in [0.5, 0.6) is 11.5 Å². The minimum absolute atomic E-state index is 0.0245. The van der Waals surface area contributed by atoms with Crippen LogP contribution < -0.4 is 14.8 Å². The van der Waals surface area contributed by atoms with Gasteiger partial charge in [-0.2, -0.15) is 0 Å². The lowest BCUT2D eigenvalue weighted by Crippen LogP contribution is -2.37. The highest BCUT2D eigenvalue weighted by atomic mass is 35.5. The predicted octanol–water partition coefficient (Wildman–Crippen LogP) is 2.59. The van der Waals surface area contributed by atoms with Crippen LogP contribution in [0.3, 0.4) is 0 Å². The second-order valence-corrected chi connectivity index (χ2v) is 5.19. The van der Waals surface area contributed by atoms with Gasteiger partial charge in [0.05, 0.1) is 19.6 Å². The Bertz CT molecular complexity index is 442. The number of carbonyl (C=O) groups excluding carboxylic acids is 1. The highest BCUT2D eigenvalue weighted by Crippen LogP contribution is 2.26. The van der Waals surface area contributed by atoms with Crippen LogP contribution in [0.25, 0.3) is 0 Å². The molecule has 1 saturated carbocycles. The number of alkyl halides is 1. The number of halogens is 1. The molecule has 5 heteroatoms. The van der Waals surface area contributed by atoms with Crippen molar-refractivity contribution in [3.63, 3.8) is 0 Å². The number of carbonyl (C=O) groups is 1. The van der Waals surface area contributed by atoms with E-state index in [1.807, 2.05) is 0 Å². The fourth-order valence-corrected chi connectivity index (χ4v) is 2.61. The predicted molar refractivity (Wildman–Crippen MR) is 74.3 cm³/mol. The molecule has 1 aromatic rings. The number of ether oxygens (including phenoxy) is 2. The van der Waals surface area contributed by atoms with Crippen LogP contribution in [0, 0.1) is 0 Å². The van der Waals surface area contributed by atoms with Gasteiger partial charge in [0.2, 0.25) is 0 Å². The van der Waals surface area contributed by atoms with Crippen molar-refractivity contribution in [1.82, 2.24) is 5.32 Å². The van der Waals surface area contributed by atoms with E-state index in [0.717, 1.165) is 19.3 Å². The largest absolute Gasteiger partial charge is 0.497 e. The number of hydrogen-bond acceptors (Lipinski definition) is 3. The van der Waals surface area contributed by atoms with Gasteiger partial charge in [-0.1, -0.05) is 0 Å². The van der Waals surface area contributed by atoms with Crippen molar-refractivity contribution in [3.05, 3.63) is 23.8 Å². The summed E-state index contributed by atoms with van der Waals surface area (Å²) < 4.78 is 10.3. The molecule has 0 bridgehead atoms. The molecule has 2 rings (SSSR count). The Hall–Kier alpha value is -1.42. The minimum Gasteiger partial charge on any atom is -0.497 e. The average Bonchev–Trinajstić information content (AvgIpc) is 2.83. The summed E-state index contributed by atoms with van der Waals surface area (Å²) in [6, 6.07) is 5.16. The molecular formula is C14H18ClNO3. The first kappa shape index (κ1) is 14.0. The molecule has 1 aliphatic rings. The summed E-state index contributed by atoms with van der Waals surface area (Å²) >= 11 is 6.16. The molecule has 19 heavy (non-hydrogen) atoms. The third-order valence-corrected chi connectivity index (χ3v) is 3.88. The molecule has 1 fully saturated rings. The number of nitrogens with one attached hydrogen (secondary N) is 1. The zero-order valence-electron chi connectivity index (χ0n) is 11.1. The Morgan fingerprint density at radius 2 is 1.84 bits per heavy atom. The van der Waals surface area contributed by atoms with Crippen molar-refractivity contribution in [3.8, 4) is 11.5 Å². The van der Waals surface area contributed by atoms with E-state index in [0.29, 0.717) is 17.1 Å². The van der Waals surface area contributed by atoms with Gasteiger partial charge in [0.25, 0.3) is 5.91 Å². The number of amides is 1. The average molecular weight is 284 g/mol. The normalized spacial score (nSPS) is 22.1. The summed E-state index contributed by atoms with van der Waals surface area (Å²) in [5.41, 5.74) is 0.520. The third kappa shape index (κ3) is 3.32. The van der Waals surface area contributed by atoms with Crippen LogP contribution in [-0.2, 0) is 0 Å². The fraction of sp³-hybridized carbons (Fsp3) is 0.500. The Balaban J connectivity index is 2.13. The summed E-state index contributed by atoms with van der Waals surface area (Å²) in [4.78, 5) is 12.2. The van der Waals surface area contributed by atoms with Crippen LogP contribution in [0.1, 0.15) is 29.6 Å². The molecule has 1 aromatic carbocycles. The summed E-state index contributed by atoms with van der Waals surface area (Å²) in [6.45, 7) is 0. The van der Waals surface area contributed by atoms with Gasteiger partial charge in [-0.15, -0.1) is 11.6 Å². The molecule has 2 unspecified atom stereocenters. The molecule has 0 radical (unpaired) electrons. The van der Waals surface area contributed by atoms with Crippen molar-refractivity contribution in [2.24, 2.45) is 0 Å². The maximum atomic E-state index is 12.2. The van der Waals surface area contributed by atoms with E-state index in [1.54, 1.807) is 32.4 Å². The number of methoxy groups -OCH3 is 2. The maximum Gasteiger partial charge on any atom is 0.251 e. The number of benzene rings is 1. The van der Waals surface area contributed by atoms with Crippen molar-refractivity contribution in [2.75, 3.05) is 14.2 Å². The van der Waals surface area contributed by atoms with E-state index >= 15 is 0 Å². The van der Waals surface area contributed by atoms with Crippen molar-refractivity contribution < 1.29 is 14.3 Å². The van der Waals surface area contributed by atoms with Crippen molar-refractivity contribution in [2.45, 2.75) is 30.7 Å². The lowest BCUT2D eigenvalue weighted by atomic mass is 10.1. The van der Waals surface area contributed by atoms with E-state index in [4.69, 9.17) is 21.1 Å². The molecule has 4 nitrogen and oxygen atoms in total. The van der Waals surface area contributed by atoms with Gasteiger partial charge in [0.1, 0.15) is 11.5 Å². The minimum atomic E-state index is -0.144. The molecular weight excluding hydrogens is 266 g/mol. The smallest absolute Gasteiger partial charge is 0.251 e. The van der Waals surface area contributed by atoms with Gasteiger partial charge in [-0.05, 0) is 31.4 Å². The van der Waals surface area contributed by atoms with E-state index in [1.165, 1.54) is 0 Å².